The first-order valence-electron chi connectivity index (χ1n) is 3.15. The molecule has 0 bridgehead atoms. The van der Waals surface area contributed by atoms with Crippen LogP contribution in [0.3, 0.4) is 0 Å². The van der Waals surface area contributed by atoms with Gasteiger partial charge in [-0.05, 0) is 0 Å². The molecule has 64 valence electrons. The van der Waals surface area contributed by atoms with Gasteiger partial charge in [0.1, 0.15) is 0 Å². The van der Waals surface area contributed by atoms with Crippen LogP contribution in [0.5, 0.6) is 5.88 Å². The van der Waals surface area contributed by atoms with Crippen molar-refractivity contribution in [3.8, 4) is 5.88 Å². The van der Waals surface area contributed by atoms with Gasteiger partial charge in [-0.15, -0.1) is 0 Å². The molecule has 0 saturated carbocycles. The monoisotopic (exact) mass is 168 g/mol. The van der Waals surface area contributed by atoms with Crippen LogP contribution in [0.25, 0.3) is 0 Å². The highest BCUT2D eigenvalue weighted by Gasteiger charge is 1.97. The smallest absolute Gasteiger partial charge is 0.317 e. The van der Waals surface area contributed by atoms with Crippen molar-refractivity contribution < 1.29 is 9.53 Å². The summed E-state index contributed by atoms with van der Waals surface area (Å²) < 4.78 is 4.76. The Bertz CT molecular complexity index is 271. The van der Waals surface area contributed by atoms with E-state index in [1.165, 1.54) is 19.5 Å². The minimum atomic E-state index is -0.672. The average molecular weight is 168 g/mol. The maximum atomic E-state index is 10.3. The number of nitrogens with zero attached hydrogens (tertiary/aromatic N) is 2. The molecule has 2 amide bonds. The normalized spacial score (nSPS) is 9.08. The Labute approximate surface area is 68.8 Å². The number of nitrogens with two attached hydrogens (primary N) is 1. The number of hydrogen-bond donors (Lipinski definition) is 2. The van der Waals surface area contributed by atoms with E-state index in [9.17, 15) is 4.79 Å². The standard InChI is InChI=1S/C6H8N4O2/c1-12-5-3-8-4(2-9-5)10-6(7)11/h2-3H,1H3,(H3,7,8,10,11). The Morgan fingerprint density at radius 3 is 2.75 bits per heavy atom. The molecule has 0 aliphatic rings. The Morgan fingerprint density at radius 2 is 2.33 bits per heavy atom. The number of carbonyl (C=O) groups is 1. The van der Waals surface area contributed by atoms with Crippen molar-refractivity contribution in [3.63, 3.8) is 0 Å². The summed E-state index contributed by atoms with van der Waals surface area (Å²) in [5.41, 5.74) is 4.85. The highest BCUT2D eigenvalue weighted by atomic mass is 16.5. The van der Waals surface area contributed by atoms with Crippen molar-refractivity contribution in [2.24, 2.45) is 5.73 Å². The van der Waals surface area contributed by atoms with Crippen LogP contribution in [-0.2, 0) is 0 Å². The molecular weight excluding hydrogens is 160 g/mol. The molecule has 0 aliphatic carbocycles. The van der Waals surface area contributed by atoms with Crippen LogP contribution in [-0.4, -0.2) is 23.1 Å². The first kappa shape index (κ1) is 8.25. The second kappa shape index (κ2) is 3.51. The summed E-state index contributed by atoms with van der Waals surface area (Å²) in [4.78, 5) is 17.9. The van der Waals surface area contributed by atoms with Gasteiger partial charge in [-0.3, -0.25) is 5.32 Å². The van der Waals surface area contributed by atoms with E-state index >= 15 is 0 Å². The van der Waals surface area contributed by atoms with Gasteiger partial charge in [0.25, 0.3) is 0 Å². The number of hydrogen-bond acceptors (Lipinski definition) is 4. The van der Waals surface area contributed by atoms with E-state index in [1.54, 1.807) is 0 Å². The fourth-order valence-corrected chi connectivity index (χ4v) is 0.612. The summed E-state index contributed by atoms with van der Waals surface area (Å²) in [5.74, 6) is 0.674. The van der Waals surface area contributed by atoms with Crippen molar-refractivity contribution in [1.29, 1.82) is 0 Å². The van der Waals surface area contributed by atoms with Gasteiger partial charge in [-0.2, -0.15) is 0 Å². The van der Waals surface area contributed by atoms with E-state index in [0.717, 1.165) is 0 Å². The third-order valence-corrected chi connectivity index (χ3v) is 1.09. The van der Waals surface area contributed by atoms with E-state index in [4.69, 9.17) is 10.5 Å². The summed E-state index contributed by atoms with van der Waals surface area (Å²) in [6.07, 6.45) is 2.73. The lowest BCUT2D eigenvalue weighted by Gasteiger charge is -2.00. The number of ether oxygens (including phenoxy) is 1. The average Bonchev–Trinajstić information content (AvgIpc) is 2.05. The largest absolute Gasteiger partial charge is 0.480 e. The molecule has 0 atom stereocenters. The Kier molecular flexibility index (Phi) is 2.42. The molecule has 12 heavy (non-hydrogen) atoms. The van der Waals surface area contributed by atoms with E-state index in [2.05, 4.69) is 15.3 Å². The Hall–Kier alpha value is -1.85. The third-order valence-electron chi connectivity index (χ3n) is 1.09. The molecule has 0 saturated heterocycles. The zero-order valence-electron chi connectivity index (χ0n) is 6.44. The van der Waals surface area contributed by atoms with Crippen LogP contribution in [0.15, 0.2) is 12.4 Å². The van der Waals surface area contributed by atoms with Crippen molar-refractivity contribution >= 4 is 11.8 Å². The number of primary amides is 1. The minimum absolute atomic E-state index is 0.295. The predicted molar refractivity (Wildman–Crippen MR) is 41.8 cm³/mol. The second-order valence-electron chi connectivity index (χ2n) is 1.93. The van der Waals surface area contributed by atoms with Crippen molar-refractivity contribution in [1.82, 2.24) is 9.97 Å². The number of urea groups is 1. The summed E-state index contributed by atoms with van der Waals surface area (Å²) >= 11 is 0. The zero-order chi connectivity index (χ0) is 8.97. The number of carbonyl (C=O) groups excluding carboxylic acids is 1. The van der Waals surface area contributed by atoms with Gasteiger partial charge in [0.05, 0.1) is 19.5 Å². The second-order valence-corrected chi connectivity index (χ2v) is 1.93. The molecule has 1 aromatic heterocycles. The molecule has 0 unspecified atom stereocenters. The van der Waals surface area contributed by atoms with Gasteiger partial charge >= 0.3 is 6.03 Å². The maximum absolute atomic E-state index is 10.3. The van der Waals surface area contributed by atoms with Gasteiger partial charge in [0.2, 0.25) is 5.88 Å². The fraction of sp³-hybridized carbons (Fsp3) is 0.167. The predicted octanol–water partition coefficient (Wildman–Crippen LogP) is -0.0242. The highest BCUT2D eigenvalue weighted by molar-refractivity contribution is 5.86. The maximum Gasteiger partial charge on any atom is 0.317 e. The Balaban J connectivity index is 2.71. The topological polar surface area (TPSA) is 90.1 Å². The SMILES string of the molecule is COc1cnc(NC(N)=O)cn1. The third kappa shape index (κ3) is 2.08. The van der Waals surface area contributed by atoms with E-state index in [-0.39, 0.29) is 0 Å². The molecule has 6 nitrogen and oxygen atoms in total. The van der Waals surface area contributed by atoms with Gasteiger partial charge < -0.3 is 10.5 Å². The van der Waals surface area contributed by atoms with Gasteiger partial charge in [-0.25, -0.2) is 14.8 Å². The molecule has 1 rings (SSSR count). The molecule has 1 aromatic rings. The number of aromatic nitrogens is 2. The molecule has 0 aromatic carbocycles. The van der Waals surface area contributed by atoms with Crippen molar-refractivity contribution in [2.45, 2.75) is 0 Å². The summed E-state index contributed by atoms with van der Waals surface area (Å²) in [5, 5.41) is 2.27. The van der Waals surface area contributed by atoms with E-state index in [1.807, 2.05) is 0 Å². The first-order chi connectivity index (χ1) is 5.72. The van der Waals surface area contributed by atoms with Gasteiger partial charge in [0.15, 0.2) is 5.82 Å². The minimum Gasteiger partial charge on any atom is -0.480 e. The highest BCUT2D eigenvalue weighted by Crippen LogP contribution is 2.05. The molecule has 0 radical (unpaired) electrons. The van der Waals surface area contributed by atoms with Crippen LogP contribution in [0, 0.1) is 0 Å². The number of rotatable bonds is 2. The zero-order valence-corrected chi connectivity index (χ0v) is 6.44. The van der Waals surface area contributed by atoms with Gasteiger partial charge in [-0.1, -0.05) is 0 Å². The summed E-state index contributed by atoms with van der Waals surface area (Å²) in [6, 6.07) is -0.672. The van der Waals surface area contributed by atoms with Crippen LogP contribution in [0.2, 0.25) is 0 Å². The number of amides is 2. The quantitative estimate of drug-likeness (QED) is 0.649. The number of methoxy groups -OCH3 is 1. The Morgan fingerprint density at radius 1 is 1.58 bits per heavy atom. The van der Waals surface area contributed by atoms with Crippen LogP contribution in [0.4, 0.5) is 10.6 Å². The van der Waals surface area contributed by atoms with Crippen LogP contribution in [0.1, 0.15) is 0 Å². The lowest BCUT2D eigenvalue weighted by atomic mass is 10.6. The molecular formula is C6H8N4O2. The summed E-state index contributed by atoms with van der Waals surface area (Å²) in [7, 11) is 1.48. The van der Waals surface area contributed by atoms with Crippen LogP contribution >= 0.6 is 0 Å². The molecule has 3 N–H and O–H groups in total. The lowest BCUT2D eigenvalue weighted by molar-refractivity contribution is 0.259. The fourth-order valence-electron chi connectivity index (χ4n) is 0.612. The molecule has 0 spiro atoms. The van der Waals surface area contributed by atoms with Gasteiger partial charge in [0, 0.05) is 0 Å². The van der Waals surface area contributed by atoms with E-state index < -0.39 is 6.03 Å². The van der Waals surface area contributed by atoms with Crippen molar-refractivity contribution in [3.05, 3.63) is 12.4 Å². The van der Waals surface area contributed by atoms with Crippen LogP contribution < -0.4 is 15.8 Å². The van der Waals surface area contributed by atoms with Crippen molar-refractivity contribution in [2.75, 3.05) is 12.4 Å². The lowest BCUT2D eigenvalue weighted by Crippen LogP contribution is -2.20. The molecule has 0 fully saturated rings. The first-order valence-corrected chi connectivity index (χ1v) is 3.15. The summed E-state index contributed by atoms with van der Waals surface area (Å²) in [6.45, 7) is 0. The number of anilines is 1. The molecule has 1 heterocycles. The number of nitrogens with one attached hydrogen (secondary N) is 1. The molecule has 0 aliphatic heterocycles. The van der Waals surface area contributed by atoms with E-state index in [0.29, 0.717) is 11.7 Å². The molecule has 6 heteroatoms.